The molecule has 0 radical (unpaired) electrons. The first-order valence-electron chi connectivity index (χ1n) is 5.87. The number of hydrogen-bond acceptors (Lipinski definition) is 5. The van der Waals surface area contributed by atoms with Gasteiger partial charge in [-0.15, -0.1) is 11.3 Å². The minimum Gasteiger partial charge on any atom is -0.373 e. The Bertz CT molecular complexity index is 636. The molecule has 0 aliphatic heterocycles. The van der Waals surface area contributed by atoms with Gasteiger partial charge < -0.3 is 4.90 Å². The maximum atomic E-state index is 11.8. The second-order valence-electron chi connectivity index (χ2n) is 4.34. The molecule has 19 heavy (non-hydrogen) atoms. The highest BCUT2D eigenvalue weighted by Crippen LogP contribution is 2.24. The number of benzene rings is 1. The topological polar surface area (TPSA) is 50.3 Å². The number of para-hydroxylation sites is 1. The highest BCUT2D eigenvalue weighted by Gasteiger charge is 2.15. The molecule has 1 heterocycles. The lowest BCUT2D eigenvalue weighted by atomic mass is 10.3. The van der Waals surface area contributed by atoms with Crippen LogP contribution in [0.3, 0.4) is 0 Å². The summed E-state index contributed by atoms with van der Waals surface area (Å²) in [6.07, 6.45) is 3.83. The van der Waals surface area contributed by atoms with E-state index in [4.69, 9.17) is 0 Å². The van der Waals surface area contributed by atoms with Crippen LogP contribution in [0.5, 0.6) is 0 Å². The second kappa shape index (κ2) is 5.71. The molecule has 4 nitrogen and oxygen atoms in total. The molecule has 102 valence electrons. The Balaban J connectivity index is 2.17. The lowest BCUT2D eigenvalue weighted by Gasteiger charge is -2.21. The zero-order chi connectivity index (χ0) is 13.9. The number of likely N-dealkylation sites (N-methyl/N-ethyl adjacent to an activating group) is 1. The molecule has 0 bridgehead atoms. The maximum Gasteiger partial charge on any atom is 0.177 e. The number of aromatic nitrogens is 1. The van der Waals surface area contributed by atoms with E-state index < -0.39 is 9.84 Å². The van der Waals surface area contributed by atoms with E-state index in [-0.39, 0.29) is 0 Å². The molecule has 2 aromatic rings. The quantitative estimate of drug-likeness (QED) is 0.849. The Morgan fingerprint density at radius 2 is 2.05 bits per heavy atom. The second-order valence-corrected chi connectivity index (χ2v) is 7.30. The monoisotopic (exact) mass is 296 g/mol. The van der Waals surface area contributed by atoms with Crippen LogP contribution in [0.4, 0.5) is 5.69 Å². The Kier molecular flexibility index (Phi) is 4.21. The molecule has 0 saturated heterocycles. The average molecular weight is 296 g/mol. The summed E-state index contributed by atoms with van der Waals surface area (Å²) in [5.41, 5.74) is 0.738. The average Bonchev–Trinajstić information content (AvgIpc) is 2.88. The molecular formula is C13H16N2O2S2. The zero-order valence-corrected chi connectivity index (χ0v) is 12.5. The summed E-state index contributed by atoms with van der Waals surface area (Å²) >= 11 is 1.61. The van der Waals surface area contributed by atoms with Gasteiger partial charge >= 0.3 is 0 Å². The molecule has 0 aliphatic rings. The van der Waals surface area contributed by atoms with Gasteiger partial charge in [0.25, 0.3) is 0 Å². The zero-order valence-electron chi connectivity index (χ0n) is 10.9. The number of anilines is 1. The van der Waals surface area contributed by atoms with Gasteiger partial charge in [-0.05, 0) is 12.1 Å². The first-order chi connectivity index (χ1) is 8.98. The fraction of sp³-hybridized carbons (Fsp3) is 0.308. The van der Waals surface area contributed by atoms with Gasteiger partial charge in [0.15, 0.2) is 9.84 Å². The van der Waals surface area contributed by atoms with E-state index in [1.54, 1.807) is 29.7 Å². The van der Waals surface area contributed by atoms with Crippen molar-refractivity contribution in [1.82, 2.24) is 4.98 Å². The van der Waals surface area contributed by atoms with Crippen LogP contribution in [0.2, 0.25) is 0 Å². The Labute approximate surface area is 117 Å². The van der Waals surface area contributed by atoms with Gasteiger partial charge in [-0.2, -0.15) is 0 Å². The minimum absolute atomic E-state index is 0.372. The minimum atomic E-state index is -3.21. The first-order valence-corrected chi connectivity index (χ1v) is 8.64. The molecule has 0 fully saturated rings. The SMILES string of the molecule is CN(CCc1nccs1)c1ccccc1S(C)(=O)=O. The molecule has 0 atom stereocenters. The summed E-state index contributed by atoms with van der Waals surface area (Å²) in [5.74, 6) is 0. The number of thiazole rings is 1. The third-order valence-corrected chi connectivity index (χ3v) is 4.80. The van der Waals surface area contributed by atoms with Crippen molar-refractivity contribution in [3.63, 3.8) is 0 Å². The summed E-state index contributed by atoms with van der Waals surface area (Å²) in [5, 5.41) is 3.00. The van der Waals surface area contributed by atoms with Crippen molar-refractivity contribution in [1.29, 1.82) is 0 Å². The summed E-state index contributed by atoms with van der Waals surface area (Å²) < 4.78 is 23.5. The normalized spacial score (nSPS) is 11.5. The van der Waals surface area contributed by atoms with Gasteiger partial charge in [-0.1, -0.05) is 12.1 Å². The molecular weight excluding hydrogens is 280 g/mol. The largest absolute Gasteiger partial charge is 0.373 e. The van der Waals surface area contributed by atoms with Crippen molar-refractivity contribution >= 4 is 26.9 Å². The van der Waals surface area contributed by atoms with Crippen molar-refractivity contribution in [3.8, 4) is 0 Å². The van der Waals surface area contributed by atoms with Gasteiger partial charge in [-0.25, -0.2) is 13.4 Å². The Morgan fingerprint density at radius 3 is 2.68 bits per heavy atom. The summed E-state index contributed by atoms with van der Waals surface area (Å²) in [6.45, 7) is 0.736. The van der Waals surface area contributed by atoms with E-state index in [2.05, 4.69) is 4.98 Å². The van der Waals surface area contributed by atoms with Crippen LogP contribution in [0, 0.1) is 0 Å². The third kappa shape index (κ3) is 3.54. The first kappa shape index (κ1) is 14.0. The van der Waals surface area contributed by atoms with E-state index in [9.17, 15) is 8.42 Å². The number of nitrogens with zero attached hydrogens (tertiary/aromatic N) is 2. The molecule has 1 aromatic carbocycles. The fourth-order valence-corrected chi connectivity index (χ4v) is 3.39. The van der Waals surface area contributed by atoms with Crippen LogP contribution < -0.4 is 4.90 Å². The van der Waals surface area contributed by atoms with Gasteiger partial charge in [0.05, 0.1) is 15.6 Å². The van der Waals surface area contributed by atoms with E-state index in [0.29, 0.717) is 4.90 Å². The summed E-state index contributed by atoms with van der Waals surface area (Å²) in [4.78, 5) is 6.55. The van der Waals surface area contributed by atoms with Crippen LogP contribution in [0.25, 0.3) is 0 Å². The van der Waals surface area contributed by atoms with Crippen molar-refractivity contribution < 1.29 is 8.42 Å². The molecule has 1 aromatic heterocycles. The summed E-state index contributed by atoms with van der Waals surface area (Å²) in [6, 6.07) is 7.07. The molecule has 0 unspecified atom stereocenters. The molecule has 0 aliphatic carbocycles. The smallest absolute Gasteiger partial charge is 0.177 e. The van der Waals surface area contributed by atoms with Crippen LogP contribution >= 0.6 is 11.3 Å². The van der Waals surface area contributed by atoms with E-state index in [1.165, 1.54) is 6.26 Å². The Hall–Kier alpha value is -1.40. The molecule has 2 rings (SSSR count). The van der Waals surface area contributed by atoms with Crippen LogP contribution in [-0.2, 0) is 16.3 Å². The predicted molar refractivity (Wildman–Crippen MR) is 78.6 cm³/mol. The number of rotatable bonds is 5. The molecule has 0 amide bonds. The lowest BCUT2D eigenvalue weighted by molar-refractivity contribution is 0.601. The molecule has 0 N–H and O–H groups in total. The van der Waals surface area contributed by atoms with Crippen molar-refractivity contribution in [2.75, 3.05) is 24.7 Å². The van der Waals surface area contributed by atoms with E-state index in [1.807, 2.05) is 29.5 Å². The molecule has 6 heteroatoms. The maximum absolute atomic E-state index is 11.8. The standard InChI is InChI=1S/C13H16N2O2S2/c1-15(9-7-13-14-8-10-18-13)11-5-3-4-6-12(11)19(2,16)17/h3-6,8,10H,7,9H2,1-2H3. The third-order valence-electron chi connectivity index (χ3n) is 2.82. The lowest BCUT2D eigenvalue weighted by Crippen LogP contribution is -2.22. The number of hydrogen-bond donors (Lipinski definition) is 0. The van der Waals surface area contributed by atoms with Crippen LogP contribution in [0.1, 0.15) is 5.01 Å². The predicted octanol–water partition coefficient (Wildman–Crippen LogP) is 2.23. The van der Waals surface area contributed by atoms with Crippen molar-refractivity contribution in [2.45, 2.75) is 11.3 Å². The molecule has 0 saturated carbocycles. The van der Waals surface area contributed by atoms with Crippen molar-refractivity contribution in [2.24, 2.45) is 0 Å². The molecule has 0 spiro atoms. The van der Waals surface area contributed by atoms with Crippen LogP contribution in [0.15, 0.2) is 40.7 Å². The van der Waals surface area contributed by atoms with Gasteiger partial charge in [0.1, 0.15) is 0 Å². The van der Waals surface area contributed by atoms with Gasteiger partial charge in [-0.3, -0.25) is 0 Å². The Morgan fingerprint density at radius 1 is 1.32 bits per heavy atom. The van der Waals surface area contributed by atoms with Crippen LogP contribution in [-0.4, -0.2) is 33.2 Å². The highest BCUT2D eigenvalue weighted by atomic mass is 32.2. The van der Waals surface area contributed by atoms with E-state index >= 15 is 0 Å². The number of sulfone groups is 1. The van der Waals surface area contributed by atoms with Gasteiger partial charge in [0.2, 0.25) is 0 Å². The van der Waals surface area contributed by atoms with E-state index in [0.717, 1.165) is 23.7 Å². The fourth-order valence-electron chi connectivity index (χ4n) is 1.85. The summed E-state index contributed by atoms with van der Waals surface area (Å²) in [7, 11) is -1.30. The van der Waals surface area contributed by atoms with Gasteiger partial charge in [0, 0.05) is 37.8 Å². The van der Waals surface area contributed by atoms with Crippen molar-refractivity contribution in [3.05, 3.63) is 40.8 Å². The highest BCUT2D eigenvalue weighted by molar-refractivity contribution is 7.90.